The average molecular weight is 263 g/mol. The Morgan fingerprint density at radius 2 is 2.00 bits per heavy atom. The molecule has 1 amide bonds. The molecule has 1 aliphatic rings. The Bertz CT molecular complexity index is 378. The SMILES string of the molecule is CC(C)(C)OC(=O)NC1=CCC(C(F)(F)F)C=C1. The Hall–Kier alpha value is -1.46. The van der Waals surface area contributed by atoms with Gasteiger partial charge in [-0.3, -0.25) is 5.32 Å². The van der Waals surface area contributed by atoms with E-state index in [9.17, 15) is 18.0 Å². The van der Waals surface area contributed by atoms with E-state index in [-0.39, 0.29) is 6.42 Å². The number of hydrogen-bond acceptors (Lipinski definition) is 2. The lowest BCUT2D eigenvalue weighted by Gasteiger charge is -2.22. The molecule has 0 aromatic rings. The van der Waals surface area contributed by atoms with E-state index in [1.54, 1.807) is 20.8 Å². The van der Waals surface area contributed by atoms with Crippen LogP contribution in [0.3, 0.4) is 0 Å². The van der Waals surface area contributed by atoms with Crippen LogP contribution in [0.2, 0.25) is 0 Å². The number of allylic oxidation sites excluding steroid dienone is 3. The van der Waals surface area contributed by atoms with E-state index in [4.69, 9.17) is 4.74 Å². The molecule has 0 heterocycles. The van der Waals surface area contributed by atoms with Gasteiger partial charge in [0.05, 0.1) is 5.92 Å². The van der Waals surface area contributed by atoms with E-state index >= 15 is 0 Å². The van der Waals surface area contributed by atoms with Gasteiger partial charge in [-0.2, -0.15) is 13.2 Å². The summed E-state index contributed by atoms with van der Waals surface area (Å²) >= 11 is 0. The van der Waals surface area contributed by atoms with Crippen LogP contribution in [-0.2, 0) is 4.74 Å². The Kier molecular flexibility index (Phi) is 4.09. The first kappa shape index (κ1) is 14.6. The maximum absolute atomic E-state index is 12.4. The molecule has 0 aromatic heterocycles. The molecule has 0 saturated carbocycles. The molecule has 6 heteroatoms. The average Bonchev–Trinajstić information content (AvgIpc) is 2.13. The standard InChI is InChI=1S/C12H16F3NO2/c1-11(2,3)18-10(17)16-9-6-4-8(5-7-9)12(13,14)15/h4,6-8H,5H2,1-3H3,(H,16,17). The summed E-state index contributed by atoms with van der Waals surface area (Å²) in [6.45, 7) is 5.12. The van der Waals surface area contributed by atoms with Gasteiger partial charge < -0.3 is 4.74 Å². The van der Waals surface area contributed by atoms with Crippen molar-refractivity contribution in [1.29, 1.82) is 0 Å². The molecule has 1 aliphatic carbocycles. The molecule has 1 rings (SSSR count). The van der Waals surface area contributed by atoms with Gasteiger partial charge in [-0.05, 0) is 33.3 Å². The fraction of sp³-hybridized carbons (Fsp3) is 0.583. The second-order valence-electron chi connectivity index (χ2n) is 5.03. The molecule has 1 N–H and O–H groups in total. The molecule has 3 nitrogen and oxygen atoms in total. The summed E-state index contributed by atoms with van der Waals surface area (Å²) in [5, 5.41) is 2.39. The lowest BCUT2D eigenvalue weighted by molar-refractivity contribution is -0.160. The van der Waals surface area contributed by atoms with Crippen molar-refractivity contribution in [3.05, 3.63) is 23.9 Å². The van der Waals surface area contributed by atoms with Crippen molar-refractivity contribution in [1.82, 2.24) is 5.32 Å². The highest BCUT2D eigenvalue weighted by atomic mass is 19.4. The number of ether oxygens (including phenoxy) is 1. The van der Waals surface area contributed by atoms with E-state index in [0.717, 1.165) is 6.08 Å². The number of halogens is 3. The fourth-order valence-corrected chi connectivity index (χ4v) is 1.38. The molecule has 1 atom stereocenters. The quantitative estimate of drug-likeness (QED) is 0.785. The lowest BCUT2D eigenvalue weighted by Crippen LogP contribution is -2.32. The van der Waals surface area contributed by atoms with E-state index in [0.29, 0.717) is 5.70 Å². The summed E-state index contributed by atoms with van der Waals surface area (Å²) in [6.07, 6.45) is -1.49. The number of alkyl carbamates (subject to hydrolysis) is 1. The number of carbonyl (C=O) groups excluding carboxylic acids is 1. The van der Waals surface area contributed by atoms with Gasteiger partial charge in [0.2, 0.25) is 0 Å². The van der Waals surface area contributed by atoms with E-state index < -0.39 is 23.8 Å². The largest absolute Gasteiger partial charge is 0.444 e. The van der Waals surface area contributed by atoms with Crippen LogP contribution in [0, 0.1) is 5.92 Å². The zero-order chi connectivity index (χ0) is 14.0. The van der Waals surface area contributed by atoms with Crippen LogP contribution in [0.15, 0.2) is 23.9 Å². The molecule has 102 valence electrons. The molecule has 0 aliphatic heterocycles. The number of hydrogen-bond donors (Lipinski definition) is 1. The van der Waals surface area contributed by atoms with Crippen molar-refractivity contribution in [3.8, 4) is 0 Å². The summed E-state index contributed by atoms with van der Waals surface area (Å²) in [5.74, 6) is -1.48. The van der Waals surface area contributed by atoms with Crippen molar-refractivity contribution >= 4 is 6.09 Å². The van der Waals surface area contributed by atoms with Crippen LogP contribution in [0.1, 0.15) is 27.2 Å². The van der Waals surface area contributed by atoms with Gasteiger partial charge in [-0.1, -0.05) is 12.2 Å². The van der Waals surface area contributed by atoms with Crippen LogP contribution in [-0.4, -0.2) is 17.9 Å². The summed E-state index contributed by atoms with van der Waals surface area (Å²) in [6, 6.07) is 0. The molecule has 0 bridgehead atoms. The maximum Gasteiger partial charge on any atom is 0.412 e. The third kappa shape index (κ3) is 4.81. The van der Waals surface area contributed by atoms with E-state index in [1.165, 1.54) is 12.2 Å². The summed E-state index contributed by atoms with van der Waals surface area (Å²) in [5.41, 5.74) is -0.317. The summed E-state index contributed by atoms with van der Waals surface area (Å²) in [4.78, 5) is 11.4. The Morgan fingerprint density at radius 3 is 2.39 bits per heavy atom. The van der Waals surface area contributed by atoms with Crippen molar-refractivity contribution in [2.75, 3.05) is 0 Å². The van der Waals surface area contributed by atoms with Gasteiger partial charge in [0, 0.05) is 5.70 Å². The second kappa shape index (κ2) is 5.04. The first-order chi connectivity index (χ1) is 8.08. The molecule has 0 saturated heterocycles. The number of alkyl halides is 3. The Labute approximate surface area is 104 Å². The molecular formula is C12H16F3NO2. The number of carbonyl (C=O) groups is 1. The van der Waals surface area contributed by atoms with Crippen LogP contribution < -0.4 is 5.32 Å². The van der Waals surface area contributed by atoms with Crippen molar-refractivity contribution in [2.45, 2.75) is 39.0 Å². The van der Waals surface area contributed by atoms with Gasteiger partial charge in [0.15, 0.2) is 0 Å². The number of amides is 1. The highest BCUT2D eigenvalue weighted by molar-refractivity contribution is 5.70. The zero-order valence-electron chi connectivity index (χ0n) is 10.5. The van der Waals surface area contributed by atoms with Crippen molar-refractivity contribution in [2.24, 2.45) is 5.92 Å². The molecule has 0 spiro atoms. The minimum Gasteiger partial charge on any atom is -0.444 e. The first-order valence-electron chi connectivity index (χ1n) is 5.53. The van der Waals surface area contributed by atoms with Crippen LogP contribution in [0.4, 0.5) is 18.0 Å². The van der Waals surface area contributed by atoms with Crippen LogP contribution >= 0.6 is 0 Å². The monoisotopic (exact) mass is 263 g/mol. The molecule has 0 radical (unpaired) electrons. The van der Waals surface area contributed by atoms with Gasteiger partial charge in [0.1, 0.15) is 5.60 Å². The third-order valence-corrected chi connectivity index (χ3v) is 2.17. The zero-order valence-corrected chi connectivity index (χ0v) is 10.5. The first-order valence-corrected chi connectivity index (χ1v) is 5.53. The lowest BCUT2D eigenvalue weighted by atomic mass is 9.99. The van der Waals surface area contributed by atoms with Crippen molar-refractivity contribution < 1.29 is 22.7 Å². The van der Waals surface area contributed by atoms with Gasteiger partial charge in [-0.15, -0.1) is 0 Å². The highest BCUT2D eigenvalue weighted by Crippen LogP contribution is 2.32. The smallest absolute Gasteiger partial charge is 0.412 e. The topological polar surface area (TPSA) is 38.3 Å². The molecule has 0 fully saturated rings. The van der Waals surface area contributed by atoms with Crippen LogP contribution in [0.25, 0.3) is 0 Å². The minimum absolute atomic E-state index is 0.175. The Morgan fingerprint density at radius 1 is 1.39 bits per heavy atom. The van der Waals surface area contributed by atoms with Crippen molar-refractivity contribution in [3.63, 3.8) is 0 Å². The number of rotatable bonds is 1. The van der Waals surface area contributed by atoms with Gasteiger partial charge in [-0.25, -0.2) is 4.79 Å². The highest BCUT2D eigenvalue weighted by Gasteiger charge is 2.37. The predicted molar refractivity (Wildman–Crippen MR) is 60.8 cm³/mol. The maximum atomic E-state index is 12.4. The van der Waals surface area contributed by atoms with Crippen LogP contribution in [0.5, 0.6) is 0 Å². The van der Waals surface area contributed by atoms with E-state index in [1.807, 2.05) is 0 Å². The molecule has 1 unspecified atom stereocenters. The third-order valence-electron chi connectivity index (χ3n) is 2.17. The number of nitrogens with one attached hydrogen (secondary N) is 1. The summed E-state index contributed by atoms with van der Waals surface area (Å²) in [7, 11) is 0. The predicted octanol–water partition coefficient (Wildman–Crippen LogP) is 3.53. The van der Waals surface area contributed by atoms with E-state index in [2.05, 4.69) is 5.32 Å². The minimum atomic E-state index is -4.25. The molecule has 0 aromatic carbocycles. The van der Waals surface area contributed by atoms with Gasteiger partial charge >= 0.3 is 12.3 Å². The van der Waals surface area contributed by atoms with Gasteiger partial charge in [0.25, 0.3) is 0 Å². The second-order valence-corrected chi connectivity index (χ2v) is 5.03. The summed E-state index contributed by atoms with van der Waals surface area (Å²) < 4.78 is 42.1. The molecule has 18 heavy (non-hydrogen) atoms. The Balaban J connectivity index is 2.51. The fourth-order valence-electron chi connectivity index (χ4n) is 1.38. The normalized spacial score (nSPS) is 20.3. The molecular weight excluding hydrogens is 247 g/mol.